The average Bonchev–Trinajstić information content (AvgIpc) is 3.04. The number of benzene rings is 2. The summed E-state index contributed by atoms with van der Waals surface area (Å²) in [5.74, 6) is -0.984. The molecule has 134 valence electrons. The number of halogens is 1. The number of nitrogens with zero attached hydrogens (tertiary/aromatic N) is 1. The average molecular weight is 416 g/mol. The summed E-state index contributed by atoms with van der Waals surface area (Å²) >= 11 is 3.40. The molecule has 3 rings (SSSR count). The molecule has 2 N–H and O–H groups in total. The van der Waals surface area contributed by atoms with Gasteiger partial charge >= 0.3 is 0 Å². The number of hydrogen-bond donors (Lipinski definition) is 2. The second kappa shape index (κ2) is 8.14. The van der Waals surface area contributed by atoms with Crippen LogP contribution in [0.25, 0.3) is 0 Å². The minimum absolute atomic E-state index is 0.200. The Morgan fingerprint density at radius 1 is 1.31 bits per heavy atom. The quantitative estimate of drug-likeness (QED) is 0.447. The van der Waals surface area contributed by atoms with Crippen LogP contribution in [0.15, 0.2) is 58.1 Å². The molecule has 0 aliphatic carbocycles. The summed E-state index contributed by atoms with van der Waals surface area (Å²) in [5.41, 5.74) is 4.21. The van der Waals surface area contributed by atoms with Crippen LogP contribution < -0.4 is 15.5 Å². The molecule has 0 spiro atoms. The third kappa shape index (κ3) is 3.94. The molecule has 2 aromatic carbocycles. The topological polar surface area (TPSA) is 79.8 Å². The number of hydrogen-bond acceptors (Lipinski definition) is 4. The van der Waals surface area contributed by atoms with Crippen molar-refractivity contribution in [3.63, 3.8) is 0 Å². The molecule has 2 amide bonds. The van der Waals surface area contributed by atoms with Gasteiger partial charge in [-0.25, -0.2) is 5.43 Å². The van der Waals surface area contributed by atoms with Crippen molar-refractivity contribution in [1.82, 2.24) is 10.7 Å². The van der Waals surface area contributed by atoms with Crippen LogP contribution in [0.1, 0.15) is 17.0 Å². The van der Waals surface area contributed by atoms with Gasteiger partial charge in [0, 0.05) is 12.5 Å². The van der Waals surface area contributed by atoms with Crippen molar-refractivity contribution < 1.29 is 14.3 Å². The highest BCUT2D eigenvalue weighted by molar-refractivity contribution is 9.10. The van der Waals surface area contributed by atoms with Gasteiger partial charge in [0.15, 0.2) is 0 Å². The summed E-state index contributed by atoms with van der Waals surface area (Å²) in [6, 6.07) is 15.0. The second-order valence-corrected chi connectivity index (χ2v) is 6.72. The van der Waals surface area contributed by atoms with E-state index in [9.17, 15) is 9.59 Å². The molecule has 1 aliphatic rings. The molecule has 1 fully saturated rings. The summed E-state index contributed by atoms with van der Waals surface area (Å²) < 4.78 is 5.96. The van der Waals surface area contributed by atoms with E-state index in [-0.39, 0.29) is 11.8 Å². The van der Waals surface area contributed by atoms with E-state index < -0.39 is 11.8 Å². The highest BCUT2D eigenvalue weighted by atomic mass is 79.9. The van der Waals surface area contributed by atoms with Crippen molar-refractivity contribution in [1.29, 1.82) is 0 Å². The zero-order chi connectivity index (χ0) is 18.5. The number of nitrogens with one attached hydrogen (secondary N) is 2. The highest BCUT2D eigenvalue weighted by Crippen LogP contribution is 2.29. The summed E-state index contributed by atoms with van der Waals surface area (Å²) in [6.45, 7) is 0.441. The lowest BCUT2D eigenvalue weighted by Crippen LogP contribution is -2.34. The standard InChI is InChI=1S/C19H18BrN3O3/c1-26-16-8-7-12(9-15(16)20)10-22-23-19(25)17-14(11-21-18(17)24)13-5-3-2-4-6-13/h2-10,14,17H,11H2,1H3,(H,21,24)(H,23,25). The molecule has 2 atom stereocenters. The Morgan fingerprint density at radius 3 is 2.77 bits per heavy atom. The van der Waals surface area contributed by atoms with Crippen LogP contribution in [0.5, 0.6) is 5.75 Å². The monoisotopic (exact) mass is 415 g/mol. The van der Waals surface area contributed by atoms with Crippen LogP contribution in [0.4, 0.5) is 0 Å². The Hall–Kier alpha value is -2.67. The van der Waals surface area contributed by atoms with Gasteiger partial charge in [-0.1, -0.05) is 30.3 Å². The molecule has 0 radical (unpaired) electrons. The summed E-state index contributed by atoms with van der Waals surface area (Å²) in [6.07, 6.45) is 1.52. The van der Waals surface area contributed by atoms with Crippen molar-refractivity contribution >= 4 is 34.0 Å². The van der Waals surface area contributed by atoms with Gasteiger partial charge in [-0.2, -0.15) is 5.10 Å². The zero-order valence-corrected chi connectivity index (χ0v) is 15.7. The predicted octanol–water partition coefficient (Wildman–Crippen LogP) is 2.44. The maximum Gasteiger partial charge on any atom is 0.253 e. The number of methoxy groups -OCH3 is 1. The van der Waals surface area contributed by atoms with E-state index in [0.29, 0.717) is 12.3 Å². The molecule has 2 unspecified atom stereocenters. The fourth-order valence-electron chi connectivity index (χ4n) is 2.94. The Bertz CT molecular complexity index is 839. The normalized spacial score (nSPS) is 19.4. The molecule has 0 saturated carbocycles. The first-order valence-electron chi connectivity index (χ1n) is 8.09. The number of ether oxygens (including phenoxy) is 1. The molecule has 0 bridgehead atoms. The Morgan fingerprint density at radius 2 is 2.08 bits per heavy atom. The minimum Gasteiger partial charge on any atom is -0.496 e. The van der Waals surface area contributed by atoms with Gasteiger partial charge in [0.25, 0.3) is 5.91 Å². The SMILES string of the molecule is COc1ccc(C=NNC(=O)C2C(=O)NCC2c2ccccc2)cc1Br. The van der Waals surface area contributed by atoms with Gasteiger partial charge < -0.3 is 10.1 Å². The van der Waals surface area contributed by atoms with Crippen molar-refractivity contribution in [2.75, 3.05) is 13.7 Å². The maximum absolute atomic E-state index is 12.5. The molecule has 1 saturated heterocycles. The first-order chi connectivity index (χ1) is 12.6. The van der Waals surface area contributed by atoms with Gasteiger partial charge in [-0.3, -0.25) is 9.59 Å². The largest absolute Gasteiger partial charge is 0.496 e. The molecule has 2 aromatic rings. The second-order valence-electron chi connectivity index (χ2n) is 5.87. The van der Waals surface area contributed by atoms with E-state index in [1.54, 1.807) is 13.2 Å². The van der Waals surface area contributed by atoms with E-state index in [2.05, 4.69) is 31.8 Å². The molecule has 7 heteroatoms. The lowest BCUT2D eigenvalue weighted by atomic mass is 9.88. The van der Waals surface area contributed by atoms with Crippen LogP contribution in [-0.4, -0.2) is 31.7 Å². The summed E-state index contributed by atoms with van der Waals surface area (Å²) in [4.78, 5) is 24.6. The number of hydrazone groups is 1. The molecule has 6 nitrogen and oxygen atoms in total. The Kier molecular flexibility index (Phi) is 5.68. The van der Waals surface area contributed by atoms with Gasteiger partial charge in [0.1, 0.15) is 11.7 Å². The molecule has 1 heterocycles. The first kappa shape index (κ1) is 18.1. The van der Waals surface area contributed by atoms with Crippen molar-refractivity contribution in [2.24, 2.45) is 11.0 Å². The predicted molar refractivity (Wildman–Crippen MR) is 102 cm³/mol. The van der Waals surface area contributed by atoms with Crippen molar-refractivity contribution in [2.45, 2.75) is 5.92 Å². The van der Waals surface area contributed by atoms with E-state index in [0.717, 1.165) is 15.6 Å². The molecular formula is C19H18BrN3O3. The van der Waals surface area contributed by atoms with Gasteiger partial charge in [0.05, 0.1) is 17.8 Å². The smallest absolute Gasteiger partial charge is 0.253 e. The number of carbonyl (C=O) groups excluding carboxylic acids is 2. The lowest BCUT2D eigenvalue weighted by molar-refractivity contribution is -0.133. The van der Waals surface area contributed by atoms with E-state index in [1.807, 2.05) is 42.5 Å². The van der Waals surface area contributed by atoms with Gasteiger partial charge in [-0.15, -0.1) is 0 Å². The van der Waals surface area contributed by atoms with Crippen LogP contribution >= 0.6 is 15.9 Å². The van der Waals surface area contributed by atoms with Crippen LogP contribution in [0, 0.1) is 5.92 Å². The number of carbonyl (C=O) groups is 2. The molecule has 0 aromatic heterocycles. The van der Waals surface area contributed by atoms with Crippen LogP contribution in [0.2, 0.25) is 0 Å². The fraction of sp³-hybridized carbons (Fsp3) is 0.211. The molecular weight excluding hydrogens is 398 g/mol. The van der Waals surface area contributed by atoms with Crippen molar-refractivity contribution in [3.8, 4) is 5.75 Å². The zero-order valence-electron chi connectivity index (χ0n) is 14.1. The van der Waals surface area contributed by atoms with Crippen LogP contribution in [-0.2, 0) is 9.59 Å². The third-order valence-electron chi connectivity index (χ3n) is 4.26. The number of rotatable bonds is 5. The summed E-state index contributed by atoms with van der Waals surface area (Å²) in [7, 11) is 1.59. The third-order valence-corrected chi connectivity index (χ3v) is 4.88. The highest BCUT2D eigenvalue weighted by Gasteiger charge is 2.40. The fourth-order valence-corrected chi connectivity index (χ4v) is 3.49. The number of amides is 2. The van der Waals surface area contributed by atoms with E-state index in [1.165, 1.54) is 6.21 Å². The first-order valence-corrected chi connectivity index (χ1v) is 8.88. The van der Waals surface area contributed by atoms with Gasteiger partial charge in [0.2, 0.25) is 5.91 Å². The summed E-state index contributed by atoms with van der Waals surface area (Å²) in [5, 5.41) is 6.73. The minimum atomic E-state index is -0.794. The maximum atomic E-state index is 12.5. The van der Waals surface area contributed by atoms with Crippen LogP contribution in [0.3, 0.4) is 0 Å². The molecule has 26 heavy (non-hydrogen) atoms. The lowest BCUT2D eigenvalue weighted by Gasteiger charge is -2.15. The van der Waals surface area contributed by atoms with Gasteiger partial charge in [-0.05, 0) is 45.3 Å². The molecule has 1 aliphatic heterocycles. The van der Waals surface area contributed by atoms with E-state index in [4.69, 9.17) is 4.74 Å². The Balaban J connectivity index is 1.68. The van der Waals surface area contributed by atoms with E-state index >= 15 is 0 Å². The Labute approximate surface area is 159 Å². The van der Waals surface area contributed by atoms with Crippen molar-refractivity contribution in [3.05, 3.63) is 64.1 Å².